The molecule has 3 nitrogen and oxygen atoms in total. The van der Waals surface area contributed by atoms with Gasteiger partial charge in [0.25, 0.3) is 0 Å². The van der Waals surface area contributed by atoms with Crippen LogP contribution in [-0.4, -0.2) is 10.9 Å². The van der Waals surface area contributed by atoms with Crippen LogP contribution in [0.25, 0.3) is 11.1 Å². The third-order valence-corrected chi connectivity index (χ3v) is 4.20. The molecule has 0 fully saturated rings. The van der Waals surface area contributed by atoms with E-state index in [2.05, 4.69) is 10.3 Å². The van der Waals surface area contributed by atoms with Gasteiger partial charge in [0.2, 0.25) is 5.91 Å². The van der Waals surface area contributed by atoms with Crippen LogP contribution >= 0.6 is 0 Å². The van der Waals surface area contributed by atoms with E-state index in [1.165, 1.54) is 6.07 Å². The van der Waals surface area contributed by atoms with Crippen LogP contribution in [0.2, 0.25) is 0 Å². The number of pyridine rings is 1. The molecular weight excluding hydrogens is 327 g/mol. The van der Waals surface area contributed by atoms with E-state index >= 15 is 0 Å². The van der Waals surface area contributed by atoms with Gasteiger partial charge in [0, 0.05) is 18.2 Å². The topological polar surface area (TPSA) is 42.0 Å². The van der Waals surface area contributed by atoms with Gasteiger partial charge in [-0.2, -0.15) is 0 Å². The molecule has 1 N–H and O–H groups in total. The van der Waals surface area contributed by atoms with Crippen molar-refractivity contribution in [1.82, 2.24) is 10.3 Å². The van der Waals surface area contributed by atoms with Crippen LogP contribution < -0.4 is 5.32 Å². The van der Waals surface area contributed by atoms with E-state index in [0.717, 1.165) is 29.7 Å². The number of nitrogens with one attached hydrogen (secondary N) is 1. The van der Waals surface area contributed by atoms with Crippen LogP contribution in [0.1, 0.15) is 24.1 Å². The number of hydrogen-bond donors (Lipinski definition) is 1. The summed E-state index contributed by atoms with van der Waals surface area (Å²) in [6.07, 6.45) is 3.77. The molecule has 4 heteroatoms. The number of amides is 1. The minimum absolute atomic E-state index is 0.0265. The van der Waals surface area contributed by atoms with Gasteiger partial charge < -0.3 is 5.32 Å². The molecule has 0 aliphatic carbocycles. The fourth-order valence-corrected chi connectivity index (χ4v) is 2.78. The Labute approximate surface area is 152 Å². The van der Waals surface area contributed by atoms with Crippen molar-refractivity contribution < 1.29 is 9.18 Å². The Hall–Kier alpha value is -3.01. The van der Waals surface area contributed by atoms with Gasteiger partial charge in [0.05, 0.1) is 12.2 Å². The van der Waals surface area contributed by atoms with Gasteiger partial charge in [0.15, 0.2) is 0 Å². The maximum Gasteiger partial charge on any atom is 0.220 e. The molecule has 26 heavy (non-hydrogen) atoms. The molecule has 0 spiro atoms. The molecule has 0 aliphatic rings. The molecule has 2 aromatic carbocycles. The molecule has 0 unspecified atom stereocenters. The van der Waals surface area contributed by atoms with E-state index < -0.39 is 0 Å². The lowest BCUT2D eigenvalue weighted by atomic mass is 10.0. The van der Waals surface area contributed by atoms with Gasteiger partial charge in [-0.05, 0) is 42.2 Å². The number of aryl methyl sites for hydroxylation is 1. The Morgan fingerprint density at radius 3 is 2.46 bits per heavy atom. The minimum Gasteiger partial charge on any atom is -0.350 e. The van der Waals surface area contributed by atoms with Crippen LogP contribution in [0.4, 0.5) is 4.39 Å². The quantitative estimate of drug-likeness (QED) is 0.682. The fraction of sp³-hybridized carbons (Fsp3) is 0.182. The number of nitrogens with zero attached hydrogens (tertiary/aromatic N) is 1. The van der Waals surface area contributed by atoms with E-state index in [0.29, 0.717) is 18.5 Å². The summed E-state index contributed by atoms with van der Waals surface area (Å²) in [7, 11) is 0. The van der Waals surface area contributed by atoms with E-state index in [1.807, 2.05) is 48.5 Å². The van der Waals surface area contributed by atoms with Crippen molar-refractivity contribution in [1.29, 1.82) is 0 Å². The molecule has 0 atom stereocenters. The van der Waals surface area contributed by atoms with E-state index in [4.69, 9.17) is 0 Å². The van der Waals surface area contributed by atoms with Crippen molar-refractivity contribution in [2.45, 2.75) is 25.8 Å². The minimum atomic E-state index is -0.218. The normalized spacial score (nSPS) is 10.5. The third-order valence-electron chi connectivity index (χ3n) is 4.20. The highest BCUT2D eigenvalue weighted by Gasteiger charge is 2.05. The molecule has 1 amide bonds. The largest absolute Gasteiger partial charge is 0.350 e. The Kier molecular flexibility index (Phi) is 6.09. The summed E-state index contributed by atoms with van der Waals surface area (Å²) in [6, 6.07) is 20.2. The summed E-state index contributed by atoms with van der Waals surface area (Å²) in [5.74, 6) is -0.191. The molecule has 0 radical (unpaired) electrons. The lowest BCUT2D eigenvalue weighted by Gasteiger charge is -2.07. The first-order valence-electron chi connectivity index (χ1n) is 8.73. The first-order chi connectivity index (χ1) is 12.7. The lowest BCUT2D eigenvalue weighted by Crippen LogP contribution is -2.22. The van der Waals surface area contributed by atoms with Crippen molar-refractivity contribution in [3.8, 4) is 11.1 Å². The van der Waals surface area contributed by atoms with Crippen molar-refractivity contribution in [2.75, 3.05) is 0 Å². The zero-order valence-corrected chi connectivity index (χ0v) is 14.5. The van der Waals surface area contributed by atoms with Crippen molar-refractivity contribution in [3.05, 3.63) is 90.0 Å². The number of hydrogen-bond acceptors (Lipinski definition) is 2. The summed E-state index contributed by atoms with van der Waals surface area (Å²) in [5, 5.41) is 2.88. The maximum absolute atomic E-state index is 13.8. The van der Waals surface area contributed by atoms with Crippen LogP contribution in [0.3, 0.4) is 0 Å². The van der Waals surface area contributed by atoms with E-state index in [-0.39, 0.29) is 11.7 Å². The summed E-state index contributed by atoms with van der Waals surface area (Å²) in [6.45, 7) is 0.455. The average Bonchev–Trinajstić information content (AvgIpc) is 2.68. The predicted molar refractivity (Wildman–Crippen MR) is 101 cm³/mol. The van der Waals surface area contributed by atoms with Gasteiger partial charge in [-0.25, -0.2) is 4.39 Å². The van der Waals surface area contributed by atoms with Crippen LogP contribution in [0, 0.1) is 5.82 Å². The number of rotatable bonds is 7. The van der Waals surface area contributed by atoms with E-state index in [9.17, 15) is 9.18 Å². The molecule has 0 saturated heterocycles. The number of benzene rings is 2. The Bertz CT molecular complexity index is 848. The molecular formula is C22H21FN2O. The maximum atomic E-state index is 13.8. The van der Waals surface area contributed by atoms with Crippen molar-refractivity contribution in [3.63, 3.8) is 0 Å². The molecule has 3 rings (SSSR count). The molecule has 1 aromatic heterocycles. The Morgan fingerprint density at radius 2 is 1.73 bits per heavy atom. The van der Waals surface area contributed by atoms with Gasteiger partial charge in [0.1, 0.15) is 5.82 Å². The fourth-order valence-electron chi connectivity index (χ4n) is 2.78. The zero-order valence-electron chi connectivity index (χ0n) is 14.5. The molecule has 0 bridgehead atoms. The van der Waals surface area contributed by atoms with Crippen LogP contribution in [-0.2, 0) is 17.8 Å². The number of aromatic nitrogens is 1. The molecule has 132 valence electrons. The summed E-state index contributed by atoms with van der Waals surface area (Å²) < 4.78 is 13.8. The van der Waals surface area contributed by atoms with Gasteiger partial charge in [-0.1, -0.05) is 48.5 Å². The predicted octanol–water partition coefficient (Wildman–Crippen LogP) is 4.53. The Morgan fingerprint density at radius 1 is 0.962 bits per heavy atom. The van der Waals surface area contributed by atoms with E-state index in [1.54, 1.807) is 18.3 Å². The second-order valence-corrected chi connectivity index (χ2v) is 6.13. The highest BCUT2D eigenvalue weighted by molar-refractivity contribution is 5.75. The average molecular weight is 348 g/mol. The first-order valence-corrected chi connectivity index (χ1v) is 8.73. The van der Waals surface area contributed by atoms with Crippen LogP contribution in [0.5, 0.6) is 0 Å². The Balaban J connectivity index is 1.45. The summed E-state index contributed by atoms with van der Waals surface area (Å²) in [4.78, 5) is 16.1. The van der Waals surface area contributed by atoms with Crippen molar-refractivity contribution >= 4 is 5.91 Å². The third kappa shape index (κ3) is 4.99. The summed E-state index contributed by atoms with van der Waals surface area (Å²) in [5.41, 5.74) is 3.46. The molecule has 3 aromatic rings. The second-order valence-electron chi connectivity index (χ2n) is 6.13. The molecule has 0 aliphatic heterocycles. The second kappa shape index (κ2) is 8.90. The van der Waals surface area contributed by atoms with Gasteiger partial charge in [-0.15, -0.1) is 0 Å². The SMILES string of the molecule is O=C(CCCc1ccc(-c2ccccc2F)cc1)NCc1ccccn1. The van der Waals surface area contributed by atoms with Crippen molar-refractivity contribution in [2.24, 2.45) is 0 Å². The van der Waals surface area contributed by atoms with Gasteiger partial charge in [-0.3, -0.25) is 9.78 Å². The first kappa shape index (κ1) is 17.8. The molecule has 1 heterocycles. The highest BCUT2D eigenvalue weighted by Crippen LogP contribution is 2.23. The zero-order chi connectivity index (χ0) is 18.2. The standard InChI is InChI=1S/C22H21FN2O/c23-21-9-2-1-8-20(21)18-13-11-17(12-14-18)6-5-10-22(26)25-16-19-7-3-4-15-24-19/h1-4,7-9,11-15H,5-6,10,16H2,(H,25,26). The monoisotopic (exact) mass is 348 g/mol. The number of carbonyl (C=O) groups excluding carboxylic acids is 1. The number of carbonyl (C=O) groups is 1. The number of halogens is 1. The van der Waals surface area contributed by atoms with Crippen LogP contribution in [0.15, 0.2) is 72.9 Å². The highest BCUT2D eigenvalue weighted by atomic mass is 19.1. The smallest absolute Gasteiger partial charge is 0.220 e. The summed E-state index contributed by atoms with van der Waals surface area (Å²) >= 11 is 0. The molecule has 0 saturated carbocycles. The lowest BCUT2D eigenvalue weighted by molar-refractivity contribution is -0.121. The van der Waals surface area contributed by atoms with Gasteiger partial charge >= 0.3 is 0 Å².